The fourth-order valence-corrected chi connectivity index (χ4v) is 2.26. The SMILES string of the molecule is Nc1nnc(-c2ccccc2)n1Cc1ccccc1Cl. The van der Waals surface area contributed by atoms with E-state index in [9.17, 15) is 0 Å². The molecule has 20 heavy (non-hydrogen) atoms. The molecule has 1 aromatic heterocycles. The van der Waals surface area contributed by atoms with Crippen LogP contribution in [0.1, 0.15) is 5.56 Å². The zero-order valence-electron chi connectivity index (χ0n) is 10.7. The predicted molar refractivity (Wildman–Crippen MR) is 80.4 cm³/mol. The van der Waals surface area contributed by atoms with Crippen LogP contribution in [0, 0.1) is 0 Å². The van der Waals surface area contributed by atoms with E-state index in [0.29, 0.717) is 17.5 Å². The van der Waals surface area contributed by atoms with Crippen molar-refractivity contribution in [2.75, 3.05) is 5.73 Å². The second-order valence-electron chi connectivity index (χ2n) is 4.43. The average molecular weight is 285 g/mol. The molecule has 0 bridgehead atoms. The minimum atomic E-state index is 0.378. The van der Waals surface area contributed by atoms with Gasteiger partial charge in [-0.3, -0.25) is 4.57 Å². The first-order valence-corrected chi connectivity index (χ1v) is 6.61. The molecule has 0 saturated carbocycles. The Bertz CT molecular complexity index is 722. The summed E-state index contributed by atoms with van der Waals surface area (Å²) in [6, 6.07) is 17.5. The second kappa shape index (κ2) is 5.35. The molecule has 0 spiro atoms. The molecule has 0 atom stereocenters. The second-order valence-corrected chi connectivity index (χ2v) is 4.83. The van der Waals surface area contributed by atoms with Gasteiger partial charge in [-0.05, 0) is 11.6 Å². The molecule has 0 fully saturated rings. The van der Waals surface area contributed by atoms with E-state index in [1.165, 1.54) is 0 Å². The lowest BCUT2D eigenvalue weighted by Gasteiger charge is -2.09. The Balaban J connectivity index is 2.03. The van der Waals surface area contributed by atoms with Crippen LogP contribution in [0.3, 0.4) is 0 Å². The van der Waals surface area contributed by atoms with Gasteiger partial charge >= 0.3 is 0 Å². The van der Waals surface area contributed by atoms with E-state index in [-0.39, 0.29) is 0 Å². The highest BCUT2D eigenvalue weighted by Crippen LogP contribution is 2.23. The molecule has 4 nitrogen and oxygen atoms in total. The van der Waals surface area contributed by atoms with Crippen LogP contribution in [-0.2, 0) is 6.54 Å². The molecule has 2 N–H and O–H groups in total. The van der Waals surface area contributed by atoms with Crippen LogP contribution in [0.5, 0.6) is 0 Å². The van der Waals surface area contributed by atoms with E-state index < -0.39 is 0 Å². The maximum atomic E-state index is 6.20. The zero-order chi connectivity index (χ0) is 13.9. The monoisotopic (exact) mass is 284 g/mol. The smallest absolute Gasteiger partial charge is 0.222 e. The van der Waals surface area contributed by atoms with E-state index in [1.54, 1.807) is 0 Å². The Morgan fingerprint density at radius 3 is 2.40 bits per heavy atom. The van der Waals surface area contributed by atoms with Gasteiger partial charge in [0, 0.05) is 10.6 Å². The molecule has 0 unspecified atom stereocenters. The number of benzene rings is 2. The van der Waals surface area contributed by atoms with E-state index >= 15 is 0 Å². The molecule has 0 radical (unpaired) electrons. The topological polar surface area (TPSA) is 56.7 Å². The molecule has 0 aliphatic heterocycles. The summed E-state index contributed by atoms with van der Waals surface area (Å²) in [6.45, 7) is 0.544. The van der Waals surface area contributed by atoms with Crippen LogP contribution in [0.2, 0.25) is 5.02 Å². The van der Waals surface area contributed by atoms with Crippen LogP contribution in [0.25, 0.3) is 11.4 Å². The molecule has 0 aliphatic rings. The molecule has 100 valence electrons. The molecule has 1 heterocycles. The van der Waals surface area contributed by atoms with Gasteiger partial charge in [-0.2, -0.15) is 0 Å². The molecule has 0 aliphatic carbocycles. The summed E-state index contributed by atoms with van der Waals surface area (Å²) in [5, 5.41) is 8.83. The van der Waals surface area contributed by atoms with Gasteiger partial charge in [0.2, 0.25) is 5.95 Å². The Hall–Kier alpha value is -2.33. The number of hydrogen-bond donors (Lipinski definition) is 1. The fourth-order valence-electron chi connectivity index (χ4n) is 2.07. The van der Waals surface area contributed by atoms with Gasteiger partial charge in [-0.1, -0.05) is 60.1 Å². The van der Waals surface area contributed by atoms with Crippen LogP contribution in [0.15, 0.2) is 54.6 Å². The van der Waals surface area contributed by atoms with Crippen LogP contribution in [-0.4, -0.2) is 14.8 Å². The molecular weight excluding hydrogens is 272 g/mol. The van der Waals surface area contributed by atoms with Crippen molar-refractivity contribution in [3.63, 3.8) is 0 Å². The van der Waals surface area contributed by atoms with Gasteiger partial charge in [0.05, 0.1) is 6.54 Å². The Labute approximate surface area is 121 Å². The number of rotatable bonds is 3. The number of anilines is 1. The van der Waals surface area contributed by atoms with Gasteiger partial charge in [-0.25, -0.2) is 0 Å². The molecule has 0 saturated heterocycles. The lowest BCUT2D eigenvalue weighted by Crippen LogP contribution is -2.06. The van der Waals surface area contributed by atoms with Crippen molar-refractivity contribution in [1.82, 2.24) is 14.8 Å². The summed E-state index contributed by atoms with van der Waals surface area (Å²) < 4.78 is 1.86. The van der Waals surface area contributed by atoms with Crippen molar-refractivity contribution in [1.29, 1.82) is 0 Å². The minimum Gasteiger partial charge on any atom is -0.368 e. The Morgan fingerprint density at radius 1 is 0.950 bits per heavy atom. The van der Waals surface area contributed by atoms with Gasteiger partial charge in [-0.15, -0.1) is 10.2 Å². The number of halogens is 1. The third-order valence-corrected chi connectivity index (χ3v) is 3.47. The van der Waals surface area contributed by atoms with Crippen molar-refractivity contribution in [3.05, 3.63) is 65.2 Å². The Kier molecular flexibility index (Phi) is 3.39. The summed E-state index contributed by atoms with van der Waals surface area (Å²) >= 11 is 6.20. The van der Waals surface area contributed by atoms with E-state index in [1.807, 2.05) is 59.2 Å². The van der Waals surface area contributed by atoms with E-state index in [4.69, 9.17) is 17.3 Å². The maximum absolute atomic E-state index is 6.20. The standard InChI is InChI=1S/C15H13ClN4/c16-13-9-5-4-8-12(13)10-20-14(18-19-15(20)17)11-6-2-1-3-7-11/h1-9H,10H2,(H2,17,19). The normalized spacial score (nSPS) is 10.7. The first-order valence-electron chi connectivity index (χ1n) is 6.23. The van der Waals surface area contributed by atoms with Gasteiger partial charge in [0.25, 0.3) is 0 Å². The molecular formula is C15H13ClN4. The van der Waals surface area contributed by atoms with Crippen LogP contribution < -0.4 is 5.73 Å². The third-order valence-electron chi connectivity index (χ3n) is 3.10. The predicted octanol–water partition coefficient (Wildman–Crippen LogP) is 3.23. The van der Waals surface area contributed by atoms with Crippen molar-refractivity contribution in [2.24, 2.45) is 0 Å². The minimum absolute atomic E-state index is 0.378. The molecule has 3 rings (SSSR count). The number of hydrogen-bond acceptors (Lipinski definition) is 3. The molecule has 5 heteroatoms. The van der Waals surface area contributed by atoms with Crippen molar-refractivity contribution in [3.8, 4) is 11.4 Å². The first-order chi connectivity index (χ1) is 9.75. The summed E-state index contributed by atoms with van der Waals surface area (Å²) in [5.74, 6) is 1.12. The fraction of sp³-hybridized carbons (Fsp3) is 0.0667. The summed E-state index contributed by atoms with van der Waals surface area (Å²) in [4.78, 5) is 0. The molecule has 0 amide bonds. The van der Waals surface area contributed by atoms with Crippen molar-refractivity contribution in [2.45, 2.75) is 6.54 Å². The van der Waals surface area contributed by atoms with Gasteiger partial charge < -0.3 is 5.73 Å². The quantitative estimate of drug-likeness (QED) is 0.803. The summed E-state index contributed by atoms with van der Waals surface area (Å²) in [7, 11) is 0. The highest BCUT2D eigenvalue weighted by atomic mass is 35.5. The zero-order valence-corrected chi connectivity index (χ0v) is 11.5. The molecule has 2 aromatic carbocycles. The lowest BCUT2D eigenvalue weighted by atomic mass is 10.2. The van der Waals surface area contributed by atoms with Crippen LogP contribution >= 0.6 is 11.6 Å². The average Bonchev–Trinajstić information content (AvgIpc) is 2.84. The van der Waals surface area contributed by atoms with Crippen molar-refractivity contribution < 1.29 is 0 Å². The van der Waals surface area contributed by atoms with E-state index in [0.717, 1.165) is 17.0 Å². The summed E-state index contributed by atoms with van der Waals surface area (Å²) in [6.07, 6.45) is 0. The maximum Gasteiger partial charge on any atom is 0.222 e. The number of aromatic nitrogens is 3. The van der Waals surface area contributed by atoms with Crippen molar-refractivity contribution >= 4 is 17.5 Å². The lowest BCUT2D eigenvalue weighted by molar-refractivity contribution is 0.815. The number of nitrogens with two attached hydrogens (primary N) is 1. The van der Waals surface area contributed by atoms with Gasteiger partial charge in [0.15, 0.2) is 5.82 Å². The molecule has 3 aromatic rings. The third kappa shape index (κ3) is 2.38. The van der Waals surface area contributed by atoms with Crippen LogP contribution in [0.4, 0.5) is 5.95 Å². The highest BCUT2D eigenvalue weighted by Gasteiger charge is 2.12. The van der Waals surface area contributed by atoms with E-state index in [2.05, 4.69) is 10.2 Å². The van der Waals surface area contributed by atoms with Gasteiger partial charge in [0.1, 0.15) is 0 Å². The number of nitrogen functional groups attached to an aromatic ring is 1. The largest absolute Gasteiger partial charge is 0.368 e. The Morgan fingerprint density at radius 2 is 1.65 bits per heavy atom. The highest BCUT2D eigenvalue weighted by molar-refractivity contribution is 6.31. The number of nitrogens with zero attached hydrogens (tertiary/aromatic N) is 3. The first kappa shape index (κ1) is 12.7. The summed E-state index contributed by atoms with van der Waals surface area (Å²) in [5.41, 5.74) is 7.88.